The van der Waals surface area contributed by atoms with Crippen molar-refractivity contribution >= 4 is 28.3 Å². The van der Waals surface area contributed by atoms with Crippen molar-refractivity contribution in [3.05, 3.63) is 35.2 Å². The number of hydrogen-bond donors (Lipinski definition) is 2. The predicted octanol–water partition coefficient (Wildman–Crippen LogP) is 2.46. The van der Waals surface area contributed by atoms with Crippen LogP contribution >= 0.6 is 11.3 Å². The quantitative estimate of drug-likeness (QED) is 0.870. The van der Waals surface area contributed by atoms with Crippen LogP contribution in [0.25, 0.3) is 11.3 Å². The van der Waals surface area contributed by atoms with E-state index >= 15 is 0 Å². The molecule has 0 radical (unpaired) electrons. The number of carboxylic acid groups (broad SMARTS) is 1. The number of amides is 1. The van der Waals surface area contributed by atoms with Crippen molar-refractivity contribution in [2.75, 3.05) is 25.0 Å². The monoisotopic (exact) mass is 345 g/mol. The van der Waals surface area contributed by atoms with Crippen molar-refractivity contribution in [1.82, 2.24) is 9.88 Å². The highest BCUT2D eigenvalue weighted by molar-refractivity contribution is 7.14. The standard InChI is InChI=1S/C17H19N3O3S/c1-11-2-4-12(5-3-11)14-10-24-17(18-14)19-15(21)9-20-7-6-13(8-20)16(22)23/h2-5,10,13H,6-9H2,1H3,(H,22,23)(H,18,19,21). The molecule has 2 aromatic rings. The molecule has 6 nitrogen and oxygen atoms in total. The molecule has 1 atom stereocenters. The summed E-state index contributed by atoms with van der Waals surface area (Å²) in [4.78, 5) is 29.4. The van der Waals surface area contributed by atoms with Gasteiger partial charge in [0.05, 0.1) is 18.2 Å². The Bertz CT molecular complexity index is 742. The van der Waals surface area contributed by atoms with E-state index in [0.717, 1.165) is 11.3 Å². The summed E-state index contributed by atoms with van der Waals surface area (Å²) in [5, 5.41) is 14.3. The van der Waals surface area contributed by atoms with Gasteiger partial charge in [-0.25, -0.2) is 4.98 Å². The molecule has 1 aromatic heterocycles. The maximum Gasteiger partial charge on any atom is 0.307 e. The molecule has 0 saturated carbocycles. The lowest BCUT2D eigenvalue weighted by Gasteiger charge is -2.13. The van der Waals surface area contributed by atoms with Crippen molar-refractivity contribution in [2.45, 2.75) is 13.3 Å². The zero-order chi connectivity index (χ0) is 17.1. The van der Waals surface area contributed by atoms with Gasteiger partial charge in [-0.3, -0.25) is 14.5 Å². The number of carboxylic acids is 1. The summed E-state index contributed by atoms with van der Waals surface area (Å²) in [7, 11) is 0. The molecular formula is C17H19N3O3S. The van der Waals surface area contributed by atoms with Crippen LogP contribution in [0.2, 0.25) is 0 Å². The first-order chi connectivity index (χ1) is 11.5. The molecule has 1 fully saturated rings. The van der Waals surface area contributed by atoms with E-state index in [4.69, 9.17) is 5.11 Å². The van der Waals surface area contributed by atoms with E-state index in [1.807, 2.05) is 41.5 Å². The number of carbonyl (C=O) groups excluding carboxylic acids is 1. The van der Waals surface area contributed by atoms with E-state index in [-0.39, 0.29) is 18.4 Å². The fraction of sp³-hybridized carbons (Fsp3) is 0.353. The van der Waals surface area contributed by atoms with Gasteiger partial charge in [-0.2, -0.15) is 0 Å². The van der Waals surface area contributed by atoms with Gasteiger partial charge in [0.15, 0.2) is 5.13 Å². The first-order valence-corrected chi connectivity index (χ1v) is 8.67. The normalized spacial score (nSPS) is 17.8. The molecule has 1 aliphatic rings. The van der Waals surface area contributed by atoms with Crippen LogP contribution in [0.4, 0.5) is 5.13 Å². The number of benzene rings is 1. The van der Waals surface area contributed by atoms with Crippen LogP contribution in [0, 0.1) is 12.8 Å². The third kappa shape index (κ3) is 3.98. The van der Waals surface area contributed by atoms with Gasteiger partial charge in [0.2, 0.25) is 5.91 Å². The third-order valence-corrected chi connectivity index (χ3v) is 4.84. The Balaban J connectivity index is 1.56. The lowest BCUT2D eigenvalue weighted by atomic mass is 10.1. The number of thiazole rings is 1. The number of hydrogen-bond acceptors (Lipinski definition) is 5. The van der Waals surface area contributed by atoms with Gasteiger partial charge >= 0.3 is 5.97 Å². The molecule has 1 unspecified atom stereocenters. The largest absolute Gasteiger partial charge is 0.481 e. The maximum atomic E-state index is 12.1. The van der Waals surface area contributed by atoms with Gasteiger partial charge in [0, 0.05) is 17.5 Å². The lowest BCUT2D eigenvalue weighted by Crippen LogP contribution is -2.32. The second-order valence-electron chi connectivity index (χ2n) is 6.01. The van der Waals surface area contributed by atoms with Crippen LogP contribution in [-0.4, -0.2) is 46.5 Å². The first-order valence-electron chi connectivity index (χ1n) is 7.79. The molecule has 24 heavy (non-hydrogen) atoms. The van der Waals surface area contributed by atoms with Gasteiger partial charge in [-0.15, -0.1) is 11.3 Å². The molecule has 0 bridgehead atoms. The molecule has 3 rings (SSSR count). The Hall–Kier alpha value is -2.25. The number of nitrogens with zero attached hydrogens (tertiary/aromatic N) is 2. The highest BCUT2D eigenvalue weighted by atomic mass is 32.1. The van der Waals surface area contributed by atoms with E-state index in [9.17, 15) is 9.59 Å². The number of anilines is 1. The van der Waals surface area contributed by atoms with Crippen LogP contribution in [-0.2, 0) is 9.59 Å². The van der Waals surface area contributed by atoms with Crippen molar-refractivity contribution in [2.24, 2.45) is 5.92 Å². The molecule has 1 saturated heterocycles. The van der Waals surface area contributed by atoms with Crippen LogP contribution in [0.1, 0.15) is 12.0 Å². The minimum Gasteiger partial charge on any atom is -0.481 e. The third-order valence-electron chi connectivity index (χ3n) is 4.09. The molecule has 0 spiro atoms. The fourth-order valence-corrected chi connectivity index (χ4v) is 3.46. The van der Waals surface area contributed by atoms with Crippen molar-refractivity contribution in [3.63, 3.8) is 0 Å². The van der Waals surface area contributed by atoms with Crippen LogP contribution in [0.5, 0.6) is 0 Å². The topological polar surface area (TPSA) is 82.5 Å². The average Bonchev–Trinajstić information content (AvgIpc) is 3.17. The predicted molar refractivity (Wildman–Crippen MR) is 93.1 cm³/mol. The Labute approximate surface area is 144 Å². The molecule has 1 aromatic carbocycles. The molecule has 0 aliphatic carbocycles. The minimum absolute atomic E-state index is 0.161. The Kier molecular flexibility index (Phi) is 4.92. The van der Waals surface area contributed by atoms with Gasteiger partial charge in [0.25, 0.3) is 0 Å². The second kappa shape index (κ2) is 7.11. The lowest BCUT2D eigenvalue weighted by molar-refractivity contribution is -0.141. The van der Waals surface area contributed by atoms with Crippen LogP contribution in [0.3, 0.4) is 0 Å². The highest BCUT2D eigenvalue weighted by Gasteiger charge is 2.28. The Morgan fingerprint density at radius 1 is 1.38 bits per heavy atom. The molecule has 126 valence electrons. The number of rotatable bonds is 5. The number of nitrogens with one attached hydrogen (secondary N) is 1. The van der Waals surface area contributed by atoms with E-state index < -0.39 is 5.97 Å². The van der Waals surface area contributed by atoms with E-state index in [1.54, 1.807) is 0 Å². The number of aromatic nitrogens is 1. The summed E-state index contributed by atoms with van der Waals surface area (Å²) in [6.45, 7) is 3.29. The molecule has 1 aliphatic heterocycles. The SMILES string of the molecule is Cc1ccc(-c2csc(NC(=O)CN3CCC(C(=O)O)C3)n2)cc1. The maximum absolute atomic E-state index is 12.1. The van der Waals surface area contributed by atoms with Gasteiger partial charge in [-0.05, 0) is 19.9 Å². The fourth-order valence-electron chi connectivity index (χ4n) is 2.73. The highest BCUT2D eigenvalue weighted by Crippen LogP contribution is 2.25. The van der Waals surface area contributed by atoms with Gasteiger partial charge in [-0.1, -0.05) is 29.8 Å². The zero-order valence-corrected chi connectivity index (χ0v) is 14.2. The zero-order valence-electron chi connectivity index (χ0n) is 13.4. The second-order valence-corrected chi connectivity index (χ2v) is 6.87. The number of aryl methyl sites for hydroxylation is 1. The first kappa shape index (κ1) is 16.6. The molecule has 1 amide bonds. The summed E-state index contributed by atoms with van der Waals surface area (Å²) < 4.78 is 0. The molecule has 2 heterocycles. The van der Waals surface area contributed by atoms with E-state index in [2.05, 4.69) is 10.3 Å². The smallest absolute Gasteiger partial charge is 0.307 e. The van der Waals surface area contributed by atoms with Crippen molar-refractivity contribution in [3.8, 4) is 11.3 Å². The molecule has 2 N–H and O–H groups in total. The summed E-state index contributed by atoms with van der Waals surface area (Å²) in [6.07, 6.45) is 0.595. The summed E-state index contributed by atoms with van der Waals surface area (Å²) >= 11 is 1.38. The summed E-state index contributed by atoms with van der Waals surface area (Å²) in [5.74, 6) is -1.32. The number of aliphatic carboxylic acids is 1. The van der Waals surface area contributed by atoms with E-state index in [1.165, 1.54) is 16.9 Å². The van der Waals surface area contributed by atoms with Gasteiger partial charge in [0.1, 0.15) is 0 Å². The Morgan fingerprint density at radius 2 is 2.12 bits per heavy atom. The van der Waals surface area contributed by atoms with Gasteiger partial charge < -0.3 is 10.4 Å². The molecule has 7 heteroatoms. The summed E-state index contributed by atoms with van der Waals surface area (Å²) in [6, 6.07) is 8.07. The van der Waals surface area contributed by atoms with Crippen molar-refractivity contribution < 1.29 is 14.7 Å². The minimum atomic E-state index is -0.791. The van der Waals surface area contributed by atoms with Crippen molar-refractivity contribution in [1.29, 1.82) is 0 Å². The van der Waals surface area contributed by atoms with Crippen LogP contribution in [0.15, 0.2) is 29.6 Å². The average molecular weight is 345 g/mol. The van der Waals surface area contributed by atoms with E-state index in [0.29, 0.717) is 24.6 Å². The number of carbonyl (C=O) groups is 2. The molecular weight excluding hydrogens is 326 g/mol. The number of likely N-dealkylation sites (tertiary alicyclic amines) is 1. The summed E-state index contributed by atoms with van der Waals surface area (Å²) in [5.41, 5.74) is 3.04. The Morgan fingerprint density at radius 3 is 2.79 bits per heavy atom. The van der Waals surface area contributed by atoms with Crippen LogP contribution < -0.4 is 5.32 Å².